The van der Waals surface area contributed by atoms with Crippen molar-refractivity contribution in [3.05, 3.63) is 22.8 Å². The third-order valence-electron chi connectivity index (χ3n) is 3.80. The molecule has 1 atom stereocenters. The molecule has 0 saturated carbocycles. The quantitative estimate of drug-likeness (QED) is 0.891. The zero-order valence-electron chi connectivity index (χ0n) is 13.8. The van der Waals surface area contributed by atoms with Crippen LogP contribution >= 0.6 is 11.6 Å². The Morgan fingerprint density at radius 2 is 2.10 bits per heavy atom. The molecule has 0 aliphatic heterocycles. The van der Waals surface area contributed by atoms with Gasteiger partial charge in [-0.3, -0.25) is 4.79 Å². The van der Waals surface area contributed by atoms with E-state index in [9.17, 15) is 4.79 Å². The van der Waals surface area contributed by atoms with E-state index < -0.39 is 0 Å². The Hall–Kier alpha value is -1.29. The van der Waals surface area contributed by atoms with Gasteiger partial charge in [0, 0.05) is 25.8 Å². The lowest BCUT2D eigenvalue weighted by atomic mass is 9.87. The van der Waals surface area contributed by atoms with Crippen molar-refractivity contribution in [2.24, 2.45) is 5.41 Å². The summed E-state index contributed by atoms with van der Waals surface area (Å²) in [6, 6.07) is 1.83. The number of aromatic nitrogens is 1. The fourth-order valence-electron chi connectivity index (χ4n) is 1.90. The van der Waals surface area contributed by atoms with Gasteiger partial charge in [-0.15, -0.1) is 0 Å². The lowest BCUT2D eigenvalue weighted by Crippen LogP contribution is -2.43. The average Bonchev–Trinajstić information content (AvgIpc) is 2.43. The minimum Gasteiger partial charge on any atom is -0.370 e. The molecular weight excluding hydrogens is 286 g/mol. The van der Waals surface area contributed by atoms with Gasteiger partial charge in [-0.2, -0.15) is 0 Å². The Bertz CT molecular complexity index is 497. The van der Waals surface area contributed by atoms with Gasteiger partial charge in [-0.25, -0.2) is 4.98 Å². The molecule has 0 aromatic carbocycles. The summed E-state index contributed by atoms with van der Waals surface area (Å²) in [6.07, 6.45) is 2.52. The van der Waals surface area contributed by atoms with Gasteiger partial charge in [0.05, 0.1) is 10.6 Å². The van der Waals surface area contributed by atoms with Crippen molar-refractivity contribution < 1.29 is 4.79 Å². The van der Waals surface area contributed by atoms with Gasteiger partial charge in [0.25, 0.3) is 5.91 Å². The molecule has 1 aromatic heterocycles. The first-order valence-corrected chi connectivity index (χ1v) is 7.72. The molecule has 0 saturated heterocycles. The molecule has 1 unspecified atom stereocenters. The molecule has 1 amide bonds. The summed E-state index contributed by atoms with van der Waals surface area (Å²) in [5.74, 6) is 0.603. The summed E-state index contributed by atoms with van der Waals surface area (Å²) in [4.78, 5) is 18.6. The van der Waals surface area contributed by atoms with E-state index in [2.05, 4.69) is 38.0 Å². The van der Waals surface area contributed by atoms with Gasteiger partial charge in [-0.05, 0) is 24.8 Å². The third-order valence-corrected chi connectivity index (χ3v) is 4.10. The maximum Gasteiger partial charge on any atom is 0.255 e. The van der Waals surface area contributed by atoms with E-state index >= 15 is 0 Å². The maximum absolute atomic E-state index is 12.7. The molecule has 1 N–H and O–H groups in total. The normalized spacial score (nSPS) is 12.9. The van der Waals surface area contributed by atoms with Crippen LogP contribution in [0.2, 0.25) is 5.02 Å². The summed E-state index contributed by atoms with van der Waals surface area (Å²) < 4.78 is 0. The molecule has 4 nitrogen and oxygen atoms in total. The fourth-order valence-corrected chi connectivity index (χ4v) is 2.08. The number of halogens is 1. The van der Waals surface area contributed by atoms with Gasteiger partial charge in [0.1, 0.15) is 5.82 Å². The summed E-state index contributed by atoms with van der Waals surface area (Å²) in [7, 11) is 1.81. The number of nitrogens with one attached hydrogen (secondary N) is 1. The van der Waals surface area contributed by atoms with Gasteiger partial charge in [0.2, 0.25) is 0 Å². The third kappa shape index (κ3) is 4.60. The van der Waals surface area contributed by atoms with Gasteiger partial charge >= 0.3 is 0 Å². The predicted molar refractivity (Wildman–Crippen MR) is 89.0 cm³/mol. The van der Waals surface area contributed by atoms with Gasteiger partial charge < -0.3 is 10.2 Å². The predicted octanol–water partition coefficient (Wildman–Crippen LogP) is 4.06. The number of hydrogen-bond donors (Lipinski definition) is 1. The largest absolute Gasteiger partial charge is 0.370 e. The van der Waals surface area contributed by atoms with Crippen LogP contribution in [-0.2, 0) is 0 Å². The topological polar surface area (TPSA) is 45.2 Å². The molecule has 1 aromatic rings. The van der Waals surface area contributed by atoms with Crippen LogP contribution in [0.3, 0.4) is 0 Å². The van der Waals surface area contributed by atoms with Crippen LogP contribution in [0.15, 0.2) is 12.3 Å². The van der Waals surface area contributed by atoms with Crippen LogP contribution in [-0.4, -0.2) is 35.4 Å². The van der Waals surface area contributed by atoms with Crippen molar-refractivity contribution in [3.63, 3.8) is 0 Å². The number of pyridine rings is 1. The SMILES string of the molecule is CCCNc1cc(C(=O)N(C)C(C)C(C)(C)C)c(Cl)cn1. The van der Waals surface area contributed by atoms with Crippen molar-refractivity contribution in [1.82, 2.24) is 9.88 Å². The molecular formula is C16H26ClN3O. The summed E-state index contributed by atoms with van der Waals surface area (Å²) in [5, 5.41) is 3.56. The molecule has 21 heavy (non-hydrogen) atoms. The average molecular weight is 312 g/mol. The van der Waals surface area contributed by atoms with Crippen LogP contribution in [0, 0.1) is 5.41 Å². The first-order valence-electron chi connectivity index (χ1n) is 7.35. The standard InChI is InChI=1S/C16H26ClN3O/c1-7-8-18-14-9-12(13(17)10-19-14)15(21)20(6)11(2)16(3,4)5/h9-11H,7-8H2,1-6H3,(H,18,19). The van der Waals surface area contributed by atoms with Crippen molar-refractivity contribution >= 4 is 23.3 Å². The number of carbonyl (C=O) groups is 1. The van der Waals surface area contributed by atoms with Crippen molar-refractivity contribution in [2.45, 2.75) is 47.1 Å². The highest BCUT2D eigenvalue weighted by Crippen LogP contribution is 2.26. The van der Waals surface area contributed by atoms with Crippen LogP contribution in [0.4, 0.5) is 5.82 Å². The van der Waals surface area contributed by atoms with Crippen LogP contribution < -0.4 is 5.32 Å². The van der Waals surface area contributed by atoms with E-state index in [4.69, 9.17) is 11.6 Å². The smallest absolute Gasteiger partial charge is 0.255 e. The number of rotatable bonds is 5. The van der Waals surface area contributed by atoms with E-state index in [1.54, 1.807) is 11.0 Å². The van der Waals surface area contributed by atoms with Crippen LogP contribution in [0.25, 0.3) is 0 Å². The zero-order valence-corrected chi connectivity index (χ0v) is 14.6. The van der Waals surface area contributed by atoms with Crippen molar-refractivity contribution in [1.29, 1.82) is 0 Å². The molecule has 0 radical (unpaired) electrons. The molecule has 0 fully saturated rings. The molecule has 118 valence electrons. The van der Waals surface area contributed by atoms with Crippen molar-refractivity contribution in [2.75, 3.05) is 18.9 Å². The van der Waals surface area contributed by atoms with Gasteiger partial charge in [0.15, 0.2) is 0 Å². The molecule has 1 rings (SSSR count). The second-order valence-corrected chi connectivity index (χ2v) is 6.84. The number of amides is 1. The molecule has 0 aliphatic carbocycles. The Kier molecular flexibility index (Phi) is 6.02. The maximum atomic E-state index is 12.7. The minimum absolute atomic E-state index is 0.00715. The second kappa shape index (κ2) is 7.12. The molecule has 0 bridgehead atoms. The Morgan fingerprint density at radius 3 is 2.62 bits per heavy atom. The molecule has 0 aliphatic rings. The summed E-state index contributed by atoms with van der Waals surface area (Å²) in [5.41, 5.74) is 0.497. The minimum atomic E-state index is -0.0793. The van der Waals surface area contributed by atoms with E-state index in [0.29, 0.717) is 16.4 Å². The molecule has 1 heterocycles. The highest BCUT2D eigenvalue weighted by molar-refractivity contribution is 6.33. The molecule has 0 spiro atoms. The highest BCUT2D eigenvalue weighted by atomic mass is 35.5. The lowest BCUT2D eigenvalue weighted by Gasteiger charge is -2.35. The first kappa shape index (κ1) is 17.8. The van der Waals surface area contributed by atoms with Gasteiger partial charge in [-0.1, -0.05) is 39.3 Å². The van der Waals surface area contributed by atoms with Crippen LogP contribution in [0.1, 0.15) is 51.4 Å². The van der Waals surface area contributed by atoms with Crippen molar-refractivity contribution in [3.8, 4) is 0 Å². The van der Waals surface area contributed by atoms with E-state index in [1.807, 2.05) is 14.0 Å². The number of hydrogen-bond acceptors (Lipinski definition) is 3. The monoisotopic (exact) mass is 311 g/mol. The zero-order chi connectivity index (χ0) is 16.2. The number of anilines is 1. The second-order valence-electron chi connectivity index (χ2n) is 6.43. The highest BCUT2D eigenvalue weighted by Gasteiger charge is 2.28. The number of carbonyl (C=O) groups excluding carboxylic acids is 1. The van der Waals surface area contributed by atoms with E-state index in [0.717, 1.165) is 13.0 Å². The summed E-state index contributed by atoms with van der Waals surface area (Å²) >= 11 is 6.15. The Morgan fingerprint density at radius 1 is 1.48 bits per heavy atom. The van der Waals surface area contributed by atoms with E-state index in [1.165, 1.54) is 6.20 Å². The fraction of sp³-hybridized carbons (Fsp3) is 0.625. The molecule has 5 heteroatoms. The lowest BCUT2D eigenvalue weighted by molar-refractivity contribution is 0.0629. The first-order chi connectivity index (χ1) is 9.68. The van der Waals surface area contributed by atoms with E-state index in [-0.39, 0.29) is 17.4 Å². The Labute approximate surface area is 132 Å². The van der Waals surface area contributed by atoms with Crippen LogP contribution in [0.5, 0.6) is 0 Å². The Balaban J connectivity index is 3.00. The summed E-state index contributed by atoms with van der Waals surface area (Å²) in [6.45, 7) is 11.3. The number of nitrogens with zero attached hydrogens (tertiary/aromatic N) is 2.